The molecule has 0 saturated carbocycles. The highest BCUT2D eigenvalue weighted by atomic mass is 32.2. The Kier molecular flexibility index (Phi) is 4.63. The Bertz CT molecular complexity index is 546. The zero-order chi connectivity index (χ0) is 12.9. The standard InChI is InChI=1S/C9H12O6S2/c1-16(10,11)14-7-8-15-17(12,13)9-5-3-2-4-6-9/h2-6H,7-8H2,1H3. The first-order valence-corrected chi connectivity index (χ1v) is 7.83. The van der Waals surface area contributed by atoms with Gasteiger partial charge in [0.1, 0.15) is 0 Å². The predicted octanol–water partition coefficient (Wildman–Crippen LogP) is 0.368. The summed E-state index contributed by atoms with van der Waals surface area (Å²) in [7, 11) is -7.43. The van der Waals surface area contributed by atoms with E-state index in [9.17, 15) is 16.8 Å². The molecule has 0 aliphatic heterocycles. The molecule has 96 valence electrons. The second kappa shape index (κ2) is 5.58. The molecule has 17 heavy (non-hydrogen) atoms. The number of hydrogen-bond donors (Lipinski definition) is 0. The third kappa shape index (κ3) is 5.26. The van der Waals surface area contributed by atoms with Gasteiger partial charge in [0.25, 0.3) is 20.2 Å². The Hall–Kier alpha value is -0.960. The predicted molar refractivity (Wildman–Crippen MR) is 60.4 cm³/mol. The molecule has 1 rings (SSSR count). The molecular weight excluding hydrogens is 268 g/mol. The van der Waals surface area contributed by atoms with Crippen LogP contribution in [0, 0.1) is 0 Å². The lowest BCUT2D eigenvalue weighted by atomic mass is 10.4. The van der Waals surface area contributed by atoms with Crippen LogP contribution in [0.25, 0.3) is 0 Å². The topological polar surface area (TPSA) is 86.7 Å². The average Bonchev–Trinajstić information content (AvgIpc) is 2.25. The Morgan fingerprint density at radius 3 is 2.00 bits per heavy atom. The largest absolute Gasteiger partial charge is 0.297 e. The lowest BCUT2D eigenvalue weighted by Gasteiger charge is -2.05. The molecule has 0 atom stereocenters. The summed E-state index contributed by atoms with van der Waals surface area (Å²) in [5, 5.41) is 0. The number of benzene rings is 1. The van der Waals surface area contributed by atoms with Crippen molar-refractivity contribution in [3.8, 4) is 0 Å². The maximum Gasteiger partial charge on any atom is 0.297 e. The van der Waals surface area contributed by atoms with Crippen molar-refractivity contribution in [2.75, 3.05) is 19.5 Å². The van der Waals surface area contributed by atoms with Gasteiger partial charge in [-0.1, -0.05) is 18.2 Å². The van der Waals surface area contributed by atoms with Crippen LogP contribution in [0.15, 0.2) is 35.2 Å². The zero-order valence-corrected chi connectivity index (χ0v) is 10.7. The molecule has 0 N–H and O–H groups in total. The summed E-state index contributed by atoms with van der Waals surface area (Å²) >= 11 is 0. The minimum Gasteiger partial charge on any atom is -0.268 e. The normalized spacial score (nSPS) is 12.5. The van der Waals surface area contributed by atoms with Crippen LogP contribution in [0.1, 0.15) is 0 Å². The number of hydrogen-bond acceptors (Lipinski definition) is 6. The monoisotopic (exact) mass is 280 g/mol. The molecule has 0 bridgehead atoms. The van der Waals surface area contributed by atoms with Gasteiger partial charge in [-0.25, -0.2) is 0 Å². The van der Waals surface area contributed by atoms with E-state index in [1.165, 1.54) is 12.1 Å². The highest BCUT2D eigenvalue weighted by Crippen LogP contribution is 2.10. The molecule has 1 aromatic carbocycles. The molecule has 0 heterocycles. The van der Waals surface area contributed by atoms with E-state index in [1.807, 2.05) is 0 Å². The fourth-order valence-electron chi connectivity index (χ4n) is 0.984. The van der Waals surface area contributed by atoms with E-state index in [-0.39, 0.29) is 18.1 Å². The van der Waals surface area contributed by atoms with E-state index >= 15 is 0 Å². The van der Waals surface area contributed by atoms with E-state index in [0.29, 0.717) is 0 Å². The summed E-state index contributed by atoms with van der Waals surface area (Å²) in [6.45, 7) is -0.699. The van der Waals surface area contributed by atoms with Crippen LogP contribution in [0.3, 0.4) is 0 Å². The van der Waals surface area contributed by atoms with Crippen LogP contribution in [-0.4, -0.2) is 36.3 Å². The minimum atomic E-state index is -3.85. The minimum absolute atomic E-state index is 0.0133. The van der Waals surface area contributed by atoms with Gasteiger partial charge < -0.3 is 0 Å². The summed E-state index contributed by atoms with van der Waals surface area (Å²) in [5.41, 5.74) is 0. The smallest absolute Gasteiger partial charge is 0.268 e. The van der Waals surface area contributed by atoms with E-state index in [1.54, 1.807) is 18.2 Å². The molecule has 8 heteroatoms. The molecule has 0 unspecified atom stereocenters. The van der Waals surface area contributed by atoms with Gasteiger partial charge in [-0.05, 0) is 12.1 Å². The van der Waals surface area contributed by atoms with Crippen LogP contribution >= 0.6 is 0 Å². The fourth-order valence-corrected chi connectivity index (χ4v) is 2.27. The Balaban J connectivity index is 2.53. The summed E-state index contributed by atoms with van der Waals surface area (Å²) in [6, 6.07) is 7.55. The second-order valence-electron chi connectivity index (χ2n) is 3.12. The van der Waals surface area contributed by atoms with Crippen molar-refractivity contribution in [2.45, 2.75) is 4.90 Å². The van der Waals surface area contributed by atoms with Gasteiger partial charge in [0, 0.05) is 0 Å². The first-order chi connectivity index (χ1) is 7.81. The molecule has 1 aromatic rings. The van der Waals surface area contributed by atoms with Gasteiger partial charge in [-0.15, -0.1) is 0 Å². The molecule has 0 aliphatic rings. The first kappa shape index (κ1) is 14.1. The van der Waals surface area contributed by atoms with Gasteiger partial charge in [0.05, 0.1) is 24.4 Å². The quantitative estimate of drug-likeness (QED) is 0.552. The average molecular weight is 280 g/mol. The van der Waals surface area contributed by atoms with Crippen molar-refractivity contribution >= 4 is 20.2 Å². The molecule has 0 aromatic heterocycles. The van der Waals surface area contributed by atoms with Crippen molar-refractivity contribution in [3.63, 3.8) is 0 Å². The van der Waals surface area contributed by atoms with Crippen LogP contribution in [-0.2, 0) is 28.6 Å². The Labute approximate surface area is 100 Å². The van der Waals surface area contributed by atoms with Crippen molar-refractivity contribution in [1.82, 2.24) is 0 Å². The summed E-state index contributed by atoms with van der Waals surface area (Å²) < 4.78 is 53.2. The SMILES string of the molecule is CS(=O)(=O)OCCOS(=O)(=O)c1ccccc1. The first-order valence-electron chi connectivity index (χ1n) is 4.60. The summed E-state index contributed by atoms with van der Waals surface area (Å²) in [6.07, 6.45) is 0.874. The molecule has 6 nitrogen and oxygen atoms in total. The molecular formula is C9H12O6S2. The Morgan fingerprint density at radius 2 is 1.47 bits per heavy atom. The third-order valence-electron chi connectivity index (χ3n) is 1.65. The molecule has 0 amide bonds. The second-order valence-corrected chi connectivity index (χ2v) is 6.37. The lowest BCUT2D eigenvalue weighted by molar-refractivity contribution is 0.226. The van der Waals surface area contributed by atoms with Crippen LogP contribution in [0.5, 0.6) is 0 Å². The molecule has 0 saturated heterocycles. The van der Waals surface area contributed by atoms with Gasteiger partial charge in [0.15, 0.2) is 0 Å². The number of rotatable bonds is 6. The lowest BCUT2D eigenvalue weighted by Crippen LogP contribution is -2.13. The van der Waals surface area contributed by atoms with Crippen molar-refractivity contribution in [1.29, 1.82) is 0 Å². The van der Waals surface area contributed by atoms with E-state index in [2.05, 4.69) is 8.37 Å². The van der Waals surface area contributed by atoms with Gasteiger partial charge >= 0.3 is 0 Å². The van der Waals surface area contributed by atoms with E-state index < -0.39 is 20.2 Å². The van der Waals surface area contributed by atoms with Crippen molar-refractivity contribution < 1.29 is 25.2 Å². The molecule has 0 fully saturated rings. The van der Waals surface area contributed by atoms with Gasteiger partial charge in [-0.2, -0.15) is 16.8 Å². The summed E-state index contributed by atoms with van der Waals surface area (Å²) in [5.74, 6) is 0. The molecule has 0 radical (unpaired) electrons. The highest BCUT2D eigenvalue weighted by molar-refractivity contribution is 7.86. The Morgan fingerprint density at radius 1 is 0.941 bits per heavy atom. The fraction of sp³-hybridized carbons (Fsp3) is 0.333. The van der Waals surface area contributed by atoms with Crippen molar-refractivity contribution in [2.24, 2.45) is 0 Å². The third-order valence-corrected chi connectivity index (χ3v) is 3.57. The maximum absolute atomic E-state index is 11.5. The van der Waals surface area contributed by atoms with E-state index in [4.69, 9.17) is 0 Å². The highest BCUT2D eigenvalue weighted by Gasteiger charge is 2.14. The summed E-state index contributed by atoms with van der Waals surface area (Å²) in [4.78, 5) is 0.0133. The van der Waals surface area contributed by atoms with Crippen LogP contribution < -0.4 is 0 Å². The molecule has 0 spiro atoms. The van der Waals surface area contributed by atoms with Crippen molar-refractivity contribution in [3.05, 3.63) is 30.3 Å². The maximum atomic E-state index is 11.5. The van der Waals surface area contributed by atoms with Crippen LogP contribution in [0.4, 0.5) is 0 Å². The van der Waals surface area contributed by atoms with E-state index in [0.717, 1.165) is 6.26 Å². The van der Waals surface area contributed by atoms with Gasteiger partial charge in [-0.3, -0.25) is 8.37 Å². The molecule has 0 aliphatic carbocycles. The van der Waals surface area contributed by atoms with Gasteiger partial charge in [0.2, 0.25) is 0 Å². The zero-order valence-electron chi connectivity index (χ0n) is 9.07. The van der Waals surface area contributed by atoms with Crippen LogP contribution in [0.2, 0.25) is 0 Å².